The Hall–Kier alpha value is -1.22. The lowest BCUT2D eigenvalue weighted by Crippen LogP contribution is -2.13. The van der Waals surface area contributed by atoms with E-state index in [2.05, 4.69) is 11.4 Å². The summed E-state index contributed by atoms with van der Waals surface area (Å²) in [5, 5.41) is 3.39. The Morgan fingerprint density at radius 1 is 1.40 bits per heavy atom. The molecule has 15 heavy (non-hydrogen) atoms. The highest BCUT2D eigenvalue weighted by Gasteiger charge is 2.12. The van der Waals surface area contributed by atoms with Gasteiger partial charge in [-0.2, -0.15) is 0 Å². The molecular formula is C12H18N2O. The van der Waals surface area contributed by atoms with Crippen molar-refractivity contribution in [1.29, 1.82) is 0 Å². The van der Waals surface area contributed by atoms with Crippen LogP contribution < -0.4 is 15.8 Å². The molecule has 1 aliphatic rings. The standard InChI is InChI=1S/C12H18N2O/c13-7-3-9-15-12-6-1-5-11-10(12)4-2-8-14-11/h1,5-6,14H,2-4,7-9,13H2. The number of nitrogens with one attached hydrogen (secondary N) is 1. The molecule has 0 amide bonds. The molecule has 1 aliphatic heterocycles. The van der Waals surface area contributed by atoms with Gasteiger partial charge in [0.1, 0.15) is 5.75 Å². The van der Waals surface area contributed by atoms with Crippen LogP contribution in [0.1, 0.15) is 18.4 Å². The van der Waals surface area contributed by atoms with Gasteiger partial charge in [0.05, 0.1) is 6.61 Å². The molecule has 3 N–H and O–H groups in total. The van der Waals surface area contributed by atoms with E-state index < -0.39 is 0 Å². The second-order valence-corrected chi connectivity index (χ2v) is 3.80. The van der Waals surface area contributed by atoms with Gasteiger partial charge in [0.2, 0.25) is 0 Å². The lowest BCUT2D eigenvalue weighted by Gasteiger charge is -2.20. The molecule has 0 atom stereocenters. The first kappa shape index (κ1) is 10.3. The first-order valence-electron chi connectivity index (χ1n) is 5.60. The van der Waals surface area contributed by atoms with Crippen molar-refractivity contribution in [2.24, 2.45) is 5.73 Å². The number of hydrogen-bond acceptors (Lipinski definition) is 3. The van der Waals surface area contributed by atoms with E-state index >= 15 is 0 Å². The second kappa shape index (κ2) is 5.03. The largest absolute Gasteiger partial charge is 0.493 e. The van der Waals surface area contributed by atoms with Crippen LogP contribution in [0.5, 0.6) is 5.75 Å². The first-order valence-corrected chi connectivity index (χ1v) is 5.60. The Morgan fingerprint density at radius 3 is 3.20 bits per heavy atom. The third kappa shape index (κ3) is 2.42. The van der Waals surface area contributed by atoms with Crippen molar-refractivity contribution in [1.82, 2.24) is 0 Å². The van der Waals surface area contributed by atoms with Crippen molar-refractivity contribution in [2.45, 2.75) is 19.3 Å². The number of ether oxygens (including phenoxy) is 1. The van der Waals surface area contributed by atoms with Crippen molar-refractivity contribution in [3.63, 3.8) is 0 Å². The smallest absolute Gasteiger partial charge is 0.124 e. The van der Waals surface area contributed by atoms with Gasteiger partial charge in [-0.3, -0.25) is 0 Å². The van der Waals surface area contributed by atoms with Crippen LogP contribution in [0.4, 0.5) is 5.69 Å². The first-order chi connectivity index (χ1) is 7.42. The van der Waals surface area contributed by atoms with Gasteiger partial charge in [-0.1, -0.05) is 6.07 Å². The molecular weight excluding hydrogens is 188 g/mol. The van der Waals surface area contributed by atoms with E-state index in [9.17, 15) is 0 Å². The highest BCUT2D eigenvalue weighted by molar-refractivity contribution is 5.58. The maximum absolute atomic E-state index is 5.72. The molecule has 0 saturated carbocycles. The summed E-state index contributed by atoms with van der Waals surface area (Å²) in [5.74, 6) is 1.02. The molecule has 1 heterocycles. The summed E-state index contributed by atoms with van der Waals surface area (Å²) in [6, 6.07) is 6.20. The molecule has 0 unspecified atom stereocenters. The Bertz CT molecular complexity index is 325. The van der Waals surface area contributed by atoms with Crippen molar-refractivity contribution in [3.05, 3.63) is 23.8 Å². The topological polar surface area (TPSA) is 47.3 Å². The van der Waals surface area contributed by atoms with E-state index in [0.29, 0.717) is 13.2 Å². The minimum atomic E-state index is 0.688. The fourth-order valence-electron chi connectivity index (χ4n) is 1.88. The van der Waals surface area contributed by atoms with Gasteiger partial charge in [-0.05, 0) is 37.9 Å². The fraction of sp³-hybridized carbons (Fsp3) is 0.500. The van der Waals surface area contributed by atoms with E-state index in [-0.39, 0.29) is 0 Å². The minimum Gasteiger partial charge on any atom is -0.493 e. The quantitative estimate of drug-likeness (QED) is 0.738. The third-order valence-electron chi connectivity index (χ3n) is 2.66. The van der Waals surface area contributed by atoms with Crippen LogP contribution in [0, 0.1) is 0 Å². The van der Waals surface area contributed by atoms with E-state index in [0.717, 1.165) is 25.1 Å². The van der Waals surface area contributed by atoms with Crippen molar-refractivity contribution >= 4 is 5.69 Å². The third-order valence-corrected chi connectivity index (χ3v) is 2.66. The molecule has 0 aliphatic carbocycles. The van der Waals surface area contributed by atoms with E-state index in [1.54, 1.807) is 0 Å². The van der Waals surface area contributed by atoms with Crippen molar-refractivity contribution in [2.75, 3.05) is 25.0 Å². The lowest BCUT2D eigenvalue weighted by atomic mass is 10.0. The number of hydrogen-bond donors (Lipinski definition) is 2. The summed E-state index contributed by atoms with van der Waals surface area (Å²) < 4.78 is 5.72. The number of nitrogens with two attached hydrogens (primary N) is 1. The molecule has 82 valence electrons. The van der Waals surface area contributed by atoms with Crippen LogP contribution in [0.15, 0.2) is 18.2 Å². The molecule has 2 rings (SSSR count). The van der Waals surface area contributed by atoms with Crippen molar-refractivity contribution in [3.8, 4) is 5.75 Å². The fourth-order valence-corrected chi connectivity index (χ4v) is 1.88. The maximum atomic E-state index is 5.72. The highest BCUT2D eigenvalue weighted by Crippen LogP contribution is 2.30. The summed E-state index contributed by atoms with van der Waals surface area (Å²) in [5.41, 5.74) is 7.99. The summed E-state index contributed by atoms with van der Waals surface area (Å²) in [6.45, 7) is 2.47. The highest BCUT2D eigenvalue weighted by atomic mass is 16.5. The van der Waals surface area contributed by atoms with Gasteiger partial charge < -0.3 is 15.8 Å². The molecule has 0 fully saturated rings. The van der Waals surface area contributed by atoms with Gasteiger partial charge in [-0.15, -0.1) is 0 Å². The monoisotopic (exact) mass is 206 g/mol. The average Bonchev–Trinajstić information content (AvgIpc) is 2.30. The van der Waals surface area contributed by atoms with E-state index in [1.807, 2.05) is 12.1 Å². The van der Waals surface area contributed by atoms with Crippen LogP contribution in [0.2, 0.25) is 0 Å². The number of fused-ring (bicyclic) bond motifs is 1. The Labute approximate surface area is 90.6 Å². The van der Waals surface area contributed by atoms with Crippen LogP contribution in [-0.4, -0.2) is 19.7 Å². The Morgan fingerprint density at radius 2 is 2.33 bits per heavy atom. The molecule has 1 aromatic carbocycles. The number of rotatable bonds is 4. The summed E-state index contributed by atoms with van der Waals surface area (Å²) in [4.78, 5) is 0. The lowest BCUT2D eigenvalue weighted by molar-refractivity contribution is 0.310. The van der Waals surface area contributed by atoms with Gasteiger partial charge in [0.15, 0.2) is 0 Å². The van der Waals surface area contributed by atoms with Gasteiger partial charge >= 0.3 is 0 Å². The predicted octanol–water partition coefficient (Wildman–Crippen LogP) is 1.77. The summed E-state index contributed by atoms with van der Waals surface area (Å²) in [7, 11) is 0. The van der Waals surface area contributed by atoms with Crippen LogP contribution in [0.3, 0.4) is 0 Å². The molecule has 0 spiro atoms. The summed E-state index contributed by atoms with van der Waals surface area (Å²) >= 11 is 0. The predicted molar refractivity (Wildman–Crippen MR) is 62.4 cm³/mol. The zero-order valence-corrected chi connectivity index (χ0v) is 8.96. The molecule has 3 heteroatoms. The van der Waals surface area contributed by atoms with Crippen LogP contribution >= 0.6 is 0 Å². The molecule has 0 saturated heterocycles. The van der Waals surface area contributed by atoms with Gasteiger partial charge in [0.25, 0.3) is 0 Å². The molecule has 1 aromatic rings. The molecule has 0 radical (unpaired) electrons. The number of anilines is 1. The minimum absolute atomic E-state index is 0.688. The average molecular weight is 206 g/mol. The van der Waals surface area contributed by atoms with Gasteiger partial charge in [-0.25, -0.2) is 0 Å². The Kier molecular flexibility index (Phi) is 3.45. The molecule has 3 nitrogen and oxygen atoms in total. The van der Waals surface area contributed by atoms with E-state index in [1.165, 1.54) is 17.7 Å². The van der Waals surface area contributed by atoms with Crippen LogP contribution in [0.25, 0.3) is 0 Å². The second-order valence-electron chi connectivity index (χ2n) is 3.80. The van der Waals surface area contributed by atoms with Gasteiger partial charge in [0, 0.05) is 17.8 Å². The molecule has 0 aromatic heterocycles. The SMILES string of the molecule is NCCCOc1cccc2c1CCCN2. The zero-order valence-electron chi connectivity index (χ0n) is 8.96. The van der Waals surface area contributed by atoms with Crippen LogP contribution in [-0.2, 0) is 6.42 Å². The Balaban J connectivity index is 2.09. The maximum Gasteiger partial charge on any atom is 0.124 e. The number of benzene rings is 1. The zero-order chi connectivity index (χ0) is 10.5. The summed E-state index contributed by atoms with van der Waals surface area (Å²) in [6.07, 6.45) is 3.21. The normalized spacial score (nSPS) is 14.2. The van der Waals surface area contributed by atoms with Crippen molar-refractivity contribution < 1.29 is 4.74 Å². The van der Waals surface area contributed by atoms with E-state index in [4.69, 9.17) is 10.5 Å². The molecule has 0 bridgehead atoms.